The molecule has 1 aromatic heterocycles. The van der Waals surface area contributed by atoms with Crippen LogP contribution in [0.1, 0.15) is 13.3 Å². The van der Waals surface area contributed by atoms with E-state index in [0.717, 1.165) is 16.5 Å². The number of quaternary nitrogens is 1. The number of hydrogen-bond acceptors (Lipinski definition) is 3. The van der Waals surface area contributed by atoms with Crippen molar-refractivity contribution >= 4 is 14.2 Å². The highest BCUT2D eigenvalue weighted by Crippen LogP contribution is 2.26. The lowest BCUT2D eigenvalue weighted by molar-refractivity contribution is -0.873. The first-order chi connectivity index (χ1) is 9.28. The molecule has 20 heavy (non-hydrogen) atoms. The lowest BCUT2D eigenvalue weighted by Crippen LogP contribution is -2.43. The van der Waals surface area contributed by atoms with Crippen LogP contribution in [-0.4, -0.2) is 50.9 Å². The summed E-state index contributed by atoms with van der Waals surface area (Å²) in [5.74, 6) is 1.76. The predicted molar refractivity (Wildman–Crippen MR) is 83.6 cm³/mol. The monoisotopic (exact) mass is 298 g/mol. The van der Waals surface area contributed by atoms with E-state index in [1.807, 2.05) is 12.1 Å². The van der Waals surface area contributed by atoms with Gasteiger partial charge in [0.25, 0.3) is 0 Å². The third-order valence-corrected chi connectivity index (χ3v) is 3.56. The maximum absolute atomic E-state index is 11.4. The van der Waals surface area contributed by atoms with Crippen LogP contribution in [0.5, 0.6) is 5.48 Å². The number of likely N-dealkylation sites (N-methyl/N-ethyl adjacent to an activating group) is 1. The summed E-state index contributed by atoms with van der Waals surface area (Å²) in [6, 6.07) is 4.01. The molecule has 0 aliphatic heterocycles. The van der Waals surface area contributed by atoms with Gasteiger partial charge in [0.05, 0.1) is 27.7 Å². The van der Waals surface area contributed by atoms with Gasteiger partial charge in [0.2, 0.25) is 0 Å². The zero-order valence-electron chi connectivity index (χ0n) is 12.8. The van der Waals surface area contributed by atoms with E-state index in [4.69, 9.17) is 9.47 Å². The summed E-state index contributed by atoms with van der Waals surface area (Å²) in [5, 5.41) is 0. The van der Waals surface area contributed by atoms with Crippen LogP contribution in [0, 0.1) is 0 Å². The molecule has 0 spiro atoms. The Labute approximate surface area is 123 Å². The largest absolute Gasteiger partial charge is 0.481 e. The summed E-state index contributed by atoms with van der Waals surface area (Å²) >= 11 is 0. The molecule has 5 heteroatoms. The first-order valence-electron chi connectivity index (χ1n) is 6.71. The summed E-state index contributed by atoms with van der Waals surface area (Å²) in [6.45, 7) is 6.45. The number of carbonyl (C=O) groups is 1. The fraction of sp³-hybridized carbons (Fsp3) is 0.533. The van der Waals surface area contributed by atoms with Gasteiger partial charge in [-0.2, -0.15) is 0 Å². The van der Waals surface area contributed by atoms with Crippen molar-refractivity contribution in [3.63, 3.8) is 0 Å². The lowest BCUT2D eigenvalue weighted by Gasteiger charge is -2.29. The van der Waals surface area contributed by atoms with Crippen molar-refractivity contribution in [2.45, 2.75) is 19.4 Å². The number of hydrogen-bond donors (Lipinski definition) is 0. The molecule has 2 atom stereocenters. The molecule has 112 valence electrons. The fourth-order valence-electron chi connectivity index (χ4n) is 1.77. The summed E-state index contributed by atoms with van der Waals surface area (Å²) in [5.41, 5.74) is 1.44. The number of rotatable bonds is 8. The van der Waals surface area contributed by atoms with E-state index in [1.54, 1.807) is 6.92 Å². The Balaban J connectivity index is 2.50. The molecule has 0 bridgehead atoms. The van der Waals surface area contributed by atoms with Gasteiger partial charge in [-0.05, 0) is 18.8 Å². The van der Waals surface area contributed by atoms with E-state index in [2.05, 4.69) is 33.5 Å². The van der Waals surface area contributed by atoms with E-state index in [1.165, 1.54) is 0 Å². The zero-order chi connectivity index (χ0) is 15.2. The molecule has 0 fully saturated rings. The molecule has 1 heterocycles. The second kappa shape index (κ2) is 7.51. The normalized spacial score (nSPS) is 13.2. The highest BCUT2D eigenvalue weighted by atomic mass is 31.0. The molecule has 0 amide bonds. The van der Waals surface area contributed by atoms with Crippen molar-refractivity contribution in [2.24, 2.45) is 0 Å². The van der Waals surface area contributed by atoms with Gasteiger partial charge in [0.15, 0.2) is 6.10 Å². The Morgan fingerprint density at radius 1 is 1.45 bits per heavy atom. The molecule has 0 N–H and O–H groups in total. The van der Waals surface area contributed by atoms with Crippen LogP contribution in [0.2, 0.25) is 0 Å². The van der Waals surface area contributed by atoms with Gasteiger partial charge in [0.1, 0.15) is 12.0 Å². The second-order valence-corrected chi connectivity index (χ2v) is 7.07. The third-order valence-electron chi connectivity index (χ3n) is 2.64. The van der Waals surface area contributed by atoms with Crippen LogP contribution in [0.3, 0.4) is 0 Å². The molecule has 4 nitrogen and oxygen atoms in total. The second-order valence-electron chi connectivity index (χ2n) is 5.95. The molecular weight excluding hydrogens is 273 g/mol. The van der Waals surface area contributed by atoms with Crippen LogP contribution in [0.4, 0.5) is 0 Å². The van der Waals surface area contributed by atoms with Crippen molar-refractivity contribution in [3.05, 3.63) is 30.1 Å². The molecule has 0 aromatic carbocycles. The molecule has 0 aliphatic rings. The Morgan fingerprint density at radius 2 is 2.15 bits per heavy atom. The molecule has 0 saturated carbocycles. The lowest BCUT2D eigenvalue weighted by atomic mass is 10.2. The Hall–Kier alpha value is -1.25. The van der Waals surface area contributed by atoms with Crippen molar-refractivity contribution in [1.82, 2.24) is 0 Å². The van der Waals surface area contributed by atoms with Gasteiger partial charge in [-0.3, -0.25) is 0 Å². The van der Waals surface area contributed by atoms with Gasteiger partial charge >= 0.3 is 5.97 Å². The average Bonchev–Trinajstić information content (AvgIpc) is 2.79. The summed E-state index contributed by atoms with van der Waals surface area (Å²) in [7, 11) is 6.98. The maximum Gasteiger partial charge on any atom is 0.333 e. The maximum atomic E-state index is 11.4. The molecule has 1 aromatic rings. The number of ether oxygens (including phenoxy) is 2. The van der Waals surface area contributed by atoms with Crippen LogP contribution in [0.15, 0.2) is 30.1 Å². The Kier molecular flexibility index (Phi) is 6.31. The first kappa shape index (κ1) is 16.8. The van der Waals surface area contributed by atoms with Crippen molar-refractivity contribution in [1.29, 1.82) is 0 Å². The summed E-state index contributed by atoms with van der Waals surface area (Å²) < 4.78 is 12.0. The molecule has 2 unspecified atom stereocenters. The van der Waals surface area contributed by atoms with Crippen LogP contribution in [-0.2, 0) is 9.53 Å². The van der Waals surface area contributed by atoms with Gasteiger partial charge in [-0.15, -0.1) is 0 Å². The molecular formula is C15H25NO3P+. The van der Waals surface area contributed by atoms with E-state index in [9.17, 15) is 4.79 Å². The summed E-state index contributed by atoms with van der Waals surface area (Å²) in [4.78, 5) is 11.4. The number of carbonyl (C=O) groups excluding carboxylic acids is 1. The number of esters is 1. The molecule has 0 aliphatic carbocycles. The Bertz CT molecular complexity index is 434. The van der Waals surface area contributed by atoms with Crippen molar-refractivity contribution in [3.8, 4) is 5.48 Å². The first-order valence-corrected chi connectivity index (χ1v) is 7.79. The smallest absolute Gasteiger partial charge is 0.333 e. The highest BCUT2D eigenvalue weighted by Gasteiger charge is 2.20. The standard InChI is InChI=1S/C15H25NO3P/c1-12(2)15(17)18-9-8-13(11-16(3,4)5)19-14-7-6-10-20-14/h6-7,10,13,20H,1,8-9,11H2,2-5H3/q+1. The predicted octanol–water partition coefficient (Wildman–Crippen LogP) is 2.68. The van der Waals surface area contributed by atoms with E-state index < -0.39 is 0 Å². The van der Waals surface area contributed by atoms with Crippen molar-refractivity contribution in [2.75, 3.05) is 34.3 Å². The number of nitrogens with zero attached hydrogens (tertiary/aromatic N) is 1. The third kappa shape index (κ3) is 6.78. The zero-order valence-corrected chi connectivity index (χ0v) is 13.8. The minimum absolute atomic E-state index is 0.0478. The van der Waals surface area contributed by atoms with Crippen LogP contribution < -0.4 is 4.74 Å². The summed E-state index contributed by atoms with van der Waals surface area (Å²) in [6.07, 6.45) is 0.739. The molecule has 0 saturated heterocycles. The fourth-order valence-corrected chi connectivity index (χ4v) is 2.56. The van der Waals surface area contributed by atoms with Gasteiger partial charge < -0.3 is 14.0 Å². The SMILES string of the molecule is C=C(C)C(=O)OCCC(C[N+](C)(C)C)Oc1ccc[pH]1. The quantitative estimate of drug-likeness (QED) is 0.420. The van der Waals surface area contributed by atoms with Gasteiger partial charge in [0, 0.05) is 12.0 Å². The molecule has 1 rings (SSSR count). The minimum atomic E-state index is -0.336. The van der Waals surface area contributed by atoms with E-state index >= 15 is 0 Å². The van der Waals surface area contributed by atoms with Gasteiger partial charge in [-0.1, -0.05) is 20.8 Å². The van der Waals surface area contributed by atoms with Crippen LogP contribution in [0.25, 0.3) is 0 Å². The van der Waals surface area contributed by atoms with E-state index in [0.29, 0.717) is 26.8 Å². The van der Waals surface area contributed by atoms with Crippen LogP contribution >= 0.6 is 8.19 Å². The molecule has 0 radical (unpaired) electrons. The van der Waals surface area contributed by atoms with E-state index in [-0.39, 0.29) is 12.1 Å². The average molecular weight is 298 g/mol. The van der Waals surface area contributed by atoms with Crippen molar-refractivity contribution < 1.29 is 18.8 Å². The Morgan fingerprint density at radius 3 is 2.65 bits per heavy atom. The minimum Gasteiger partial charge on any atom is -0.481 e. The topological polar surface area (TPSA) is 35.5 Å². The van der Waals surface area contributed by atoms with Gasteiger partial charge in [-0.25, -0.2) is 4.79 Å². The highest BCUT2D eigenvalue weighted by molar-refractivity contribution is 7.31.